The number of rotatable bonds is 5. The average Bonchev–Trinajstić information content (AvgIpc) is 3.10. The van der Waals surface area contributed by atoms with Crippen LogP contribution in [0.25, 0.3) is 0 Å². The zero-order valence-corrected chi connectivity index (χ0v) is 11.4. The van der Waals surface area contributed by atoms with Crippen molar-refractivity contribution in [2.75, 3.05) is 5.32 Å². The van der Waals surface area contributed by atoms with Gasteiger partial charge in [-0.25, -0.2) is 0 Å². The maximum Gasteiger partial charge on any atom is 0.241 e. The van der Waals surface area contributed by atoms with E-state index in [1.807, 2.05) is 38.1 Å². The van der Waals surface area contributed by atoms with E-state index in [0.717, 1.165) is 11.6 Å². The summed E-state index contributed by atoms with van der Waals surface area (Å²) >= 11 is 0. The first-order valence-corrected chi connectivity index (χ1v) is 6.73. The summed E-state index contributed by atoms with van der Waals surface area (Å²) in [5, 5.41) is 6.31. The lowest BCUT2D eigenvalue weighted by Crippen LogP contribution is -2.39. The van der Waals surface area contributed by atoms with Gasteiger partial charge in [-0.1, -0.05) is 31.0 Å². The van der Waals surface area contributed by atoms with Gasteiger partial charge in [0.1, 0.15) is 0 Å². The number of nitrogens with one attached hydrogen (secondary N) is 2. The summed E-state index contributed by atoms with van der Waals surface area (Å²) < 4.78 is 0. The molecule has 1 aromatic carbocycles. The molecule has 0 bridgehead atoms. The highest BCUT2D eigenvalue weighted by Gasteiger charge is 2.36. The molecule has 0 heterocycles. The van der Waals surface area contributed by atoms with Gasteiger partial charge in [0.2, 0.25) is 5.91 Å². The largest absolute Gasteiger partial charge is 0.325 e. The minimum Gasteiger partial charge on any atom is -0.325 e. The molecular weight excluding hydrogens is 224 g/mol. The molecule has 1 saturated carbocycles. The predicted molar refractivity (Wildman–Crippen MR) is 74.6 cm³/mol. The third-order valence-electron chi connectivity index (χ3n) is 3.62. The van der Waals surface area contributed by atoms with Gasteiger partial charge in [0.25, 0.3) is 0 Å². The van der Waals surface area contributed by atoms with E-state index >= 15 is 0 Å². The Bertz CT molecular complexity index is 413. The maximum absolute atomic E-state index is 12.0. The van der Waals surface area contributed by atoms with Crippen molar-refractivity contribution >= 4 is 11.6 Å². The second-order valence-electron chi connectivity index (χ2n) is 5.25. The lowest BCUT2D eigenvalue weighted by Gasteiger charge is -2.14. The Morgan fingerprint density at radius 1 is 1.39 bits per heavy atom. The standard InChI is InChI=1S/C15H22N2O/c1-4-12-9-14(12)16-11(3)15(18)17-13-7-5-10(2)6-8-13/h5-8,11-12,14,16H,4,9H2,1-3H3,(H,17,18). The van der Waals surface area contributed by atoms with Gasteiger partial charge < -0.3 is 10.6 Å². The molecule has 18 heavy (non-hydrogen) atoms. The Morgan fingerprint density at radius 2 is 2.06 bits per heavy atom. The molecule has 0 spiro atoms. The number of hydrogen-bond acceptors (Lipinski definition) is 2. The van der Waals surface area contributed by atoms with Crippen LogP contribution in [0.4, 0.5) is 5.69 Å². The van der Waals surface area contributed by atoms with E-state index in [1.165, 1.54) is 18.4 Å². The van der Waals surface area contributed by atoms with Crippen molar-refractivity contribution in [3.63, 3.8) is 0 Å². The predicted octanol–water partition coefficient (Wildman–Crippen LogP) is 2.71. The molecule has 3 nitrogen and oxygen atoms in total. The van der Waals surface area contributed by atoms with Gasteiger partial charge in [-0.2, -0.15) is 0 Å². The highest BCUT2D eigenvalue weighted by Crippen LogP contribution is 2.33. The van der Waals surface area contributed by atoms with E-state index in [9.17, 15) is 4.79 Å². The molecular formula is C15H22N2O. The molecule has 2 N–H and O–H groups in total. The van der Waals surface area contributed by atoms with Crippen molar-refractivity contribution in [2.24, 2.45) is 5.92 Å². The Balaban J connectivity index is 1.82. The summed E-state index contributed by atoms with van der Waals surface area (Å²) in [5.74, 6) is 0.806. The minimum atomic E-state index is -0.132. The van der Waals surface area contributed by atoms with Gasteiger partial charge in [0.15, 0.2) is 0 Å². The first-order chi connectivity index (χ1) is 8.60. The van der Waals surface area contributed by atoms with Crippen LogP contribution in [0.15, 0.2) is 24.3 Å². The van der Waals surface area contributed by atoms with Crippen LogP contribution in [0, 0.1) is 12.8 Å². The molecule has 1 aliphatic rings. The number of benzene rings is 1. The number of hydrogen-bond donors (Lipinski definition) is 2. The minimum absolute atomic E-state index is 0.0422. The Hall–Kier alpha value is -1.35. The van der Waals surface area contributed by atoms with Gasteiger partial charge in [-0.15, -0.1) is 0 Å². The van der Waals surface area contributed by atoms with Gasteiger partial charge in [0.05, 0.1) is 6.04 Å². The molecule has 3 heteroatoms. The highest BCUT2D eigenvalue weighted by atomic mass is 16.2. The Labute approximate surface area is 109 Å². The second-order valence-corrected chi connectivity index (χ2v) is 5.25. The van der Waals surface area contributed by atoms with Crippen LogP contribution in [0.1, 0.15) is 32.3 Å². The number of carbonyl (C=O) groups excluding carboxylic acids is 1. The fraction of sp³-hybridized carbons (Fsp3) is 0.533. The van der Waals surface area contributed by atoms with Crippen LogP contribution < -0.4 is 10.6 Å². The van der Waals surface area contributed by atoms with E-state index in [1.54, 1.807) is 0 Å². The normalized spacial score (nSPS) is 23.5. The SMILES string of the molecule is CCC1CC1NC(C)C(=O)Nc1ccc(C)cc1. The van der Waals surface area contributed by atoms with E-state index in [0.29, 0.717) is 6.04 Å². The third kappa shape index (κ3) is 3.33. The number of aryl methyl sites for hydroxylation is 1. The van der Waals surface area contributed by atoms with Crippen molar-refractivity contribution in [2.45, 2.75) is 45.7 Å². The van der Waals surface area contributed by atoms with Gasteiger partial charge in [-0.3, -0.25) is 4.79 Å². The molecule has 1 amide bonds. The van der Waals surface area contributed by atoms with Crippen LogP contribution >= 0.6 is 0 Å². The number of anilines is 1. The zero-order chi connectivity index (χ0) is 13.1. The molecule has 1 fully saturated rings. The molecule has 0 aliphatic heterocycles. The van der Waals surface area contributed by atoms with Crippen molar-refractivity contribution in [1.82, 2.24) is 5.32 Å². The quantitative estimate of drug-likeness (QED) is 0.838. The fourth-order valence-electron chi connectivity index (χ4n) is 2.19. The van der Waals surface area contributed by atoms with Crippen LogP contribution in [-0.2, 0) is 4.79 Å². The summed E-state index contributed by atoms with van der Waals surface area (Å²) in [6.45, 7) is 6.16. The Morgan fingerprint density at radius 3 is 2.61 bits per heavy atom. The lowest BCUT2D eigenvalue weighted by molar-refractivity contribution is -0.117. The van der Waals surface area contributed by atoms with Gasteiger partial charge >= 0.3 is 0 Å². The molecule has 3 unspecified atom stereocenters. The summed E-state index contributed by atoms with van der Waals surface area (Å²) in [7, 11) is 0. The number of carbonyl (C=O) groups is 1. The van der Waals surface area contributed by atoms with Crippen molar-refractivity contribution in [3.8, 4) is 0 Å². The van der Waals surface area contributed by atoms with Crippen LogP contribution in [0.2, 0.25) is 0 Å². The zero-order valence-electron chi connectivity index (χ0n) is 11.4. The van der Waals surface area contributed by atoms with Crippen LogP contribution in [-0.4, -0.2) is 18.0 Å². The molecule has 0 saturated heterocycles. The first kappa shape index (κ1) is 13.1. The molecule has 1 aliphatic carbocycles. The lowest BCUT2D eigenvalue weighted by atomic mass is 10.2. The highest BCUT2D eigenvalue weighted by molar-refractivity contribution is 5.94. The van der Waals surface area contributed by atoms with Crippen molar-refractivity contribution in [3.05, 3.63) is 29.8 Å². The van der Waals surface area contributed by atoms with Crippen molar-refractivity contribution < 1.29 is 4.79 Å². The molecule has 98 valence electrons. The van der Waals surface area contributed by atoms with Crippen molar-refractivity contribution in [1.29, 1.82) is 0 Å². The summed E-state index contributed by atoms with van der Waals surface area (Å²) in [6.07, 6.45) is 2.41. The maximum atomic E-state index is 12.0. The van der Waals surface area contributed by atoms with Crippen LogP contribution in [0.5, 0.6) is 0 Å². The third-order valence-corrected chi connectivity index (χ3v) is 3.62. The topological polar surface area (TPSA) is 41.1 Å². The summed E-state index contributed by atoms with van der Waals surface area (Å²) in [4.78, 5) is 12.0. The first-order valence-electron chi connectivity index (χ1n) is 6.73. The Kier molecular flexibility index (Phi) is 4.02. The molecule has 3 atom stereocenters. The van der Waals surface area contributed by atoms with E-state index < -0.39 is 0 Å². The molecule has 1 aromatic rings. The molecule has 0 radical (unpaired) electrons. The smallest absolute Gasteiger partial charge is 0.241 e. The summed E-state index contributed by atoms with van der Waals surface area (Å²) in [5.41, 5.74) is 2.06. The van der Waals surface area contributed by atoms with E-state index in [-0.39, 0.29) is 11.9 Å². The average molecular weight is 246 g/mol. The fourth-order valence-corrected chi connectivity index (χ4v) is 2.19. The second kappa shape index (κ2) is 5.53. The van der Waals surface area contributed by atoms with Gasteiger partial charge in [0, 0.05) is 11.7 Å². The van der Waals surface area contributed by atoms with E-state index in [2.05, 4.69) is 17.6 Å². The van der Waals surface area contributed by atoms with Gasteiger partial charge in [-0.05, 0) is 38.3 Å². The molecule has 0 aromatic heterocycles. The van der Waals surface area contributed by atoms with Crippen LogP contribution in [0.3, 0.4) is 0 Å². The monoisotopic (exact) mass is 246 g/mol. The van der Waals surface area contributed by atoms with E-state index in [4.69, 9.17) is 0 Å². The summed E-state index contributed by atoms with van der Waals surface area (Å²) in [6, 6.07) is 8.28. The molecule has 2 rings (SSSR count). The number of amides is 1.